The molecule has 1 aromatic carbocycles. The topological polar surface area (TPSA) is 50.9 Å². The van der Waals surface area contributed by atoms with Crippen LogP contribution >= 0.6 is 11.6 Å². The summed E-state index contributed by atoms with van der Waals surface area (Å²) in [5.41, 5.74) is 1.52. The average Bonchev–Trinajstić information content (AvgIpc) is 3.02. The molecular formula is C15H12ClN3O. The summed E-state index contributed by atoms with van der Waals surface area (Å²) >= 11 is 5.84. The first-order valence-corrected chi connectivity index (χ1v) is 6.49. The van der Waals surface area contributed by atoms with Crippen LogP contribution in [0, 0.1) is 0 Å². The van der Waals surface area contributed by atoms with Crippen molar-refractivity contribution in [2.75, 3.05) is 0 Å². The molecule has 5 heteroatoms. The van der Waals surface area contributed by atoms with Gasteiger partial charge in [-0.15, -0.1) is 0 Å². The molecule has 4 nitrogen and oxygen atoms in total. The molecule has 0 saturated heterocycles. The van der Waals surface area contributed by atoms with Crippen LogP contribution in [-0.4, -0.2) is 19.6 Å². The number of imidazole rings is 1. The average molecular weight is 286 g/mol. The van der Waals surface area contributed by atoms with Crippen LogP contribution < -0.4 is 0 Å². The normalized spacial score (nSPS) is 12.3. The molecule has 1 atom stereocenters. The molecule has 2 aromatic heterocycles. The van der Waals surface area contributed by atoms with Crippen LogP contribution in [0.25, 0.3) is 5.82 Å². The maximum absolute atomic E-state index is 10.3. The zero-order valence-corrected chi connectivity index (χ0v) is 11.3. The summed E-state index contributed by atoms with van der Waals surface area (Å²) in [6, 6.07) is 10.8. The lowest BCUT2D eigenvalue weighted by molar-refractivity contribution is 0.220. The Labute approximate surface area is 121 Å². The third kappa shape index (κ3) is 2.57. The van der Waals surface area contributed by atoms with Gasteiger partial charge in [-0.3, -0.25) is 4.57 Å². The van der Waals surface area contributed by atoms with Gasteiger partial charge in [0, 0.05) is 29.2 Å². The summed E-state index contributed by atoms with van der Waals surface area (Å²) in [5.74, 6) is 0.759. The molecule has 0 saturated carbocycles. The highest BCUT2D eigenvalue weighted by Gasteiger charge is 2.11. The molecule has 0 aliphatic heterocycles. The number of aromatic nitrogens is 3. The van der Waals surface area contributed by atoms with E-state index in [4.69, 9.17) is 11.6 Å². The molecule has 0 radical (unpaired) electrons. The molecule has 1 N–H and O–H groups in total. The molecule has 0 fully saturated rings. The fourth-order valence-corrected chi connectivity index (χ4v) is 2.07. The van der Waals surface area contributed by atoms with Crippen LogP contribution in [0.3, 0.4) is 0 Å². The summed E-state index contributed by atoms with van der Waals surface area (Å²) in [7, 11) is 0. The highest BCUT2D eigenvalue weighted by Crippen LogP contribution is 2.23. The number of aliphatic hydroxyl groups is 1. The molecule has 0 bridgehead atoms. The van der Waals surface area contributed by atoms with Crippen molar-refractivity contribution in [2.24, 2.45) is 0 Å². The van der Waals surface area contributed by atoms with Crippen LogP contribution in [0.5, 0.6) is 0 Å². The Balaban J connectivity index is 1.85. The summed E-state index contributed by atoms with van der Waals surface area (Å²) in [5, 5.41) is 10.9. The second-order valence-corrected chi connectivity index (χ2v) is 4.81. The van der Waals surface area contributed by atoms with Crippen molar-refractivity contribution in [1.29, 1.82) is 0 Å². The van der Waals surface area contributed by atoms with E-state index >= 15 is 0 Å². The van der Waals surface area contributed by atoms with Gasteiger partial charge in [-0.2, -0.15) is 0 Å². The van der Waals surface area contributed by atoms with E-state index in [9.17, 15) is 5.11 Å². The molecule has 100 valence electrons. The van der Waals surface area contributed by atoms with E-state index < -0.39 is 6.10 Å². The summed E-state index contributed by atoms with van der Waals surface area (Å²) in [6.07, 6.45) is 6.14. The largest absolute Gasteiger partial charge is 0.384 e. The van der Waals surface area contributed by atoms with Crippen molar-refractivity contribution in [3.8, 4) is 5.82 Å². The zero-order valence-electron chi connectivity index (χ0n) is 10.5. The van der Waals surface area contributed by atoms with Gasteiger partial charge in [0.1, 0.15) is 18.2 Å². The van der Waals surface area contributed by atoms with Gasteiger partial charge in [0.05, 0.1) is 0 Å². The molecule has 3 aromatic rings. The third-order valence-corrected chi connectivity index (χ3v) is 3.29. The minimum atomic E-state index is -0.711. The van der Waals surface area contributed by atoms with Crippen molar-refractivity contribution in [2.45, 2.75) is 6.10 Å². The molecular weight excluding hydrogens is 274 g/mol. The lowest BCUT2D eigenvalue weighted by Gasteiger charge is -2.11. The Morgan fingerprint density at radius 1 is 1.05 bits per heavy atom. The second-order valence-electron chi connectivity index (χ2n) is 4.37. The van der Waals surface area contributed by atoms with Gasteiger partial charge in [0.2, 0.25) is 0 Å². The highest BCUT2D eigenvalue weighted by molar-refractivity contribution is 6.30. The van der Waals surface area contributed by atoms with Gasteiger partial charge in [-0.1, -0.05) is 29.8 Å². The zero-order chi connectivity index (χ0) is 13.9. The second kappa shape index (κ2) is 5.45. The lowest BCUT2D eigenvalue weighted by Crippen LogP contribution is -2.02. The first kappa shape index (κ1) is 12.8. The molecule has 1 unspecified atom stereocenters. The van der Waals surface area contributed by atoms with Crippen LogP contribution in [0.15, 0.2) is 61.3 Å². The summed E-state index contributed by atoms with van der Waals surface area (Å²) < 4.78 is 1.80. The van der Waals surface area contributed by atoms with E-state index in [1.807, 2.05) is 18.3 Å². The Kier molecular flexibility index (Phi) is 3.50. The molecule has 2 heterocycles. The standard InChI is InChI=1S/C15H12ClN3O/c16-13-4-1-11(2-5-13)15(20)12-3-6-14(18-9-12)19-8-7-17-10-19/h1-10,15,20H. The number of hydrogen-bond acceptors (Lipinski definition) is 3. The van der Waals surface area contributed by atoms with Crippen molar-refractivity contribution in [3.05, 3.63) is 77.5 Å². The monoisotopic (exact) mass is 285 g/mol. The van der Waals surface area contributed by atoms with Crippen LogP contribution in [0.1, 0.15) is 17.2 Å². The van der Waals surface area contributed by atoms with Gasteiger partial charge in [0.15, 0.2) is 0 Å². The fourth-order valence-electron chi connectivity index (χ4n) is 1.94. The molecule has 20 heavy (non-hydrogen) atoms. The van der Waals surface area contributed by atoms with Crippen LogP contribution in [0.4, 0.5) is 0 Å². The Morgan fingerprint density at radius 3 is 2.40 bits per heavy atom. The van der Waals surface area contributed by atoms with Gasteiger partial charge in [-0.25, -0.2) is 9.97 Å². The Bertz CT molecular complexity index is 678. The van der Waals surface area contributed by atoms with E-state index in [2.05, 4.69) is 9.97 Å². The highest BCUT2D eigenvalue weighted by atomic mass is 35.5. The smallest absolute Gasteiger partial charge is 0.137 e. The number of hydrogen-bond donors (Lipinski definition) is 1. The number of rotatable bonds is 3. The van der Waals surface area contributed by atoms with Crippen molar-refractivity contribution >= 4 is 11.6 Å². The lowest BCUT2D eigenvalue weighted by atomic mass is 10.0. The first-order chi connectivity index (χ1) is 9.74. The summed E-state index contributed by atoms with van der Waals surface area (Å²) in [6.45, 7) is 0. The quantitative estimate of drug-likeness (QED) is 0.805. The van der Waals surface area contributed by atoms with E-state index in [1.165, 1.54) is 0 Å². The van der Waals surface area contributed by atoms with E-state index in [-0.39, 0.29) is 0 Å². The van der Waals surface area contributed by atoms with Gasteiger partial charge in [-0.05, 0) is 23.8 Å². The van der Waals surface area contributed by atoms with Crippen molar-refractivity contribution in [1.82, 2.24) is 14.5 Å². The molecule has 0 aliphatic rings. The van der Waals surface area contributed by atoms with E-state index in [0.717, 1.165) is 16.9 Å². The Hall–Kier alpha value is -2.17. The SMILES string of the molecule is OC(c1ccc(Cl)cc1)c1ccc(-n2ccnc2)nc1. The molecule has 0 aliphatic carbocycles. The van der Waals surface area contributed by atoms with Crippen molar-refractivity contribution in [3.63, 3.8) is 0 Å². The van der Waals surface area contributed by atoms with E-state index in [0.29, 0.717) is 5.02 Å². The van der Waals surface area contributed by atoms with Crippen LogP contribution in [-0.2, 0) is 0 Å². The van der Waals surface area contributed by atoms with E-state index in [1.54, 1.807) is 47.6 Å². The minimum Gasteiger partial charge on any atom is -0.384 e. The number of halogens is 1. The molecule has 0 amide bonds. The minimum absolute atomic E-state index is 0.648. The maximum atomic E-state index is 10.3. The first-order valence-electron chi connectivity index (χ1n) is 6.12. The maximum Gasteiger partial charge on any atom is 0.137 e. The number of pyridine rings is 1. The summed E-state index contributed by atoms with van der Waals surface area (Å²) in [4.78, 5) is 8.30. The van der Waals surface area contributed by atoms with Crippen LogP contribution in [0.2, 0.25) is 5.02 Å². The Morgan fingerprint density at radius 2 is 1.80 bits per heavy atom. The van der Waals surface area contributed by atoms with Crippen molar-refractivity contribution < 1.29 is 5.11 Å². The predicted molar refractivity (Wildman–Crippen MR) is 76.9 cm³/mol. The molecule has 3 rings (SSSR count). The van der Waals surface area contributed by atoms with Gasteiger partial charge < -0.3 is 5.11 Å². The number of nitrogens with zero attached hydrogens (tertiary/aromatic N) is 3. The van der Waals surface area contributed by atoms with Gasteiger partial charge >= 0.3 is 0 Å². The number of aliphatic hydroxyl groups excluding tert-OH is 1. The number of benzene rings is 1. The van der Waals surface area contributed by atoms with Gasteiger partial charge in [0.25, 0.3) is 0 Å². The third-order valence-electron chi connectivity index (χ3n) is 3.04. The predicted octanol–water partition coefficient (Wildman–Crippen LogP) is 3.00. The fraction of sp³-hybridized carbons (Fsp3) is 0.0667. The molecule has 0 spiro atoms.